The third-order valence-corrected chi connectivity index (χ3v) is 10.7. The first kappa shape index (κ1) is 17.9. The number of ketones is 2. The number of carbonyl (C=O) groups is 4. The van der Waals surface area contributed by atoms with Crippen molar-refractivity contribution in [2.75, 3.05) is 13.2 Å². The second-order valence-electron chi connectivity index (χ2n) is 10.8. The number of rotatable bonds is 5. The fraction of sp³-hybridized carbons (Fsp3) is 0.833. The summed E-state index contributed by atoms with van der Waals surface area (Å²) in [6.45, 7) is 3.75. The van der Waals surface area contributed by atoms with Crippen LogP contribution < -0.4 is 0 Å². The zero-order valence-electron chi connectivity index (χ0n) is 17.4. The molecular formula is C24H28O6. The first-order valence-electron chi connectivity index (χ1n) is 11.9. The van der Waals surface area contributed by atoms with Crippen molar-refractivity contribution in [2.24, 2.45) is 82.9 Å². The molecule has 0 aliphatic heterocycles. The van der Waals surface area contributed by atoms with Gasteiger partial charge < -0.3 is 9.47 Å². The van der Waals surface area contributed by atoms with Crippen LogP contribution >= 0.6 is 0 Å². The molecule has 0 heterocycles. The van der Waals surface area contributed by atoms with Crippen molar-refractivity contribution >= 4 is 23.5 Å². The van der Waals surface area contributed by atoms with Gasteiger partial charge in [-0.15, -0.1) is 0 Å². The van der Waals surface area contributed by atoms with E-state index in [4.69, 9.17) is 9.47 Å². The van der Waals surface area contributed by atoms with Crippen LogP contribution in [0, 0.1) is 82.9 Å². The summed E-state index contributed by atoms with van der Waals surface area (Å²) in [6, 6.07) is 0. The van der Waals surface area contributed by atoms with Gasteiger partial charge in [-0.3, -0.25) is 19.2 Å². The Balaban J connectivity index is 1.39. The lowest BCUT2D eigenvalue weighted by atomic mass is 9.71. The lowest BCUT2D eigenvalue weighted by molar-refractivity contribution is -0.166. The van der Waals surface area contributed by atoms with Crippen molar-refractivity contribution in [3.05, 3.63) is 0 Å². The molecular weight excluding hydrogens is 384 g/mol. The molecule has 0 radical (unpaired) electrons. The van der Waals surface area contributed by atoms with Crippen LogP contribution in [0.5, 0.6) is 0 Å². The second kappa shape index (κ2) is 5.55. The molecule has 0 aromatic rings. The molecule has 7 rings (SSSR count). The molecule has 0 aromatic heterocycles. The fourth-order valence-electron chi connectivity index (χ4n) is 10.8. The van der Waals surface area contributed by atoms with Crippen molar-refractivity contribution in [1.29, 1.82) is 0 Å². The van der Waals surface area contributed by atoms with E-state index in [0.717, 1.165) is 12.8 Å². The van der Waals surface area contributed by atoms with E-state index in [1.165, 1.54) is 0 Å². The summed E-state index contributed by atoms with van der Waals surface area (Å²) in [5.41, 5.74) is 0. The summed E-state index contributed by atoms with van der Waals surface area (Å²) >= 11 is 0. The van der Waals surface area contributed by atoms with Crippen LogP contribution in [0.3, 0.4) is 0 Å². The summed E-state index contributed by atoms with van der Waals surface area (Å²) in [7, 11) is 0. The lowest BCUT2D eigenvalue weighted by Crippen LogP contribution is -2.44. The third-order valence-electron chi connectivity index (χ3n) is 10.7. The molecule has 0 spiro atoms. The van der Waals surface area contributed by atoms with E-state index in [-0.39, 0.29) is 60.3 Å². The molecule has 7 aliphatic carbocycles. The summed E-state index contributed by atoms with van der Waals surface area (Å²) < 4.78 is 10.6. The van der Waals surface area contributed by atoms with E-state index in [1.807, 2.05) is 0 Å². The van der Waals surface area contributed by atoms with Gasteiger partial charge in [0.25, 0.3) is 0 Å². The zero-order valence-corrected chi connectivity index (χ0v) is 17.4. The topological polar surface area (TPSA) is 86.7 Å². The smallest absolute Gasteiger partial charge is 0.320 e. The maximum atomic E-state index is 13.8. The van der Waals surface area contributed by atoms with Crippen LogP contribution in [-0.4, -0.2) is 36.7 Å². The molecule has 10 unspecified atom stereocenters. The molecule has 7 fully saturated rings. The van der Waals surface area contributed by atoms with Crippen LogP contribution in [0.15, 0.2) is 0 Å². The maximum Gasteiger partial charge on any atom is 0.320 e. The quantitative estimate of drug-likeness (QED) is 0.505. The highest BCUT2D eigenvalue weighted by Gasteiger charge is 2.86. The number of carbonyl (C=O) groups excluding carboxylic acids is 4. The summed E-state index contributed by atoms with van der Waals surface area (Å²) in [6.07, 6.45) is 2.15. The summed E-state index contributed by atoms with van der Waals surface area (Å²) in [5.74, 6) is 0.262. The minimum Gasteiger partial charge on any atom is -0.465 e. The number of Topliss-reactive ketones (excluding diaryl/α,β-unsaturated/α-hetero) is 2. The fourth-order valence-corrected chi connectivity index (χ4v) is 10.8. The monoisotopic (exact) mass is 412 g/mol. The van der Waals surface area contributed by atoms with E-state index >= 15 is 0 Å². The molecule has 10 atom stereocenters. The van der Waals surface area contributed by atoms with Crippen molar-refractivity contribution in [3.63, 3.8) is 0 Å². The highest BCUT2D eigenvalue weighted by Crippen LogP contribution is 2.84. The van der Waals surface area contributed by atoms with Crippen molar-refractivity contribution in [2.45, 2.75) is 26.7 Å². The molecule has 0 amide bonds. The van der Waals surface area contributed by atoms with Gasteiger partial charge in [0, 0.05) is 29.6 Å². The number of ether oxygens (including phenoxy) is 2. The molecule has 7 saturated carbocycles. The third kappa shape index (κ3) is 1.64. The SMILES string of the molecule is CCOC(=O)C(C(=O)OCC)C1C2C(=O)C3C4CCC5C6C(=O)C1C1C2C3C(C45)C61. The molecule has 7 aliphatic rings. The highest BCUT2D eigenvalue weighted by molar-refractivity contribution is 6.01. The van der Waals surface area contributed by atoms with Gasteiger partial charge in [-0.2, -0.15) is 0 Å². The van der Waals surface area contributed by atoms with E-state index in [2.05, 4.69) is 0 Å². The maximum absolute atomic E-state index is 13.8. The van der Waals surface area contributed by atoms with Crippen molar-refractivity contribution < 1.29 is 28.7 Å². The molecule has 0 aromatic carbocycles. The Labute approximate surface area is 175 Å². The standard InChI is InChI=1S/C24H28O6/c1-3-29-23(27)20(24(28)30-4-2)17-18-15-13-10(21(18)25)7-5-6-8-9(7)12(13)14-11(8)22(26)19(17)16(14)15/h7-20H,3-6H2,1-2H3. The van der Waals surface area contributed by atoms with E-state index in [9.17, 15) is 19.2 Å². The second-order valence-corrected chi connectivity index (χ2v) is 10.8. The Bertz CT molecular complexity index is 826. The van der Waals surface area contributed by atoms with Gasteiger partial charge in [-0.05, 0) is 74.0 Å². The average Bonchev–Trinajstić information content (AvgIpc) is 3.47. The average molecular weight is 412 g/mol. The molecule has 6 nitrogen and oxygen atoms in total. The van der Waals surface area contributed by atoms with Gasteiger partial charge in [-0.1, -0.05) is 0 Å². The number of hydrogen-bond donors (Lipinski definition) is 0. The number of fused-ring (bicyclic) bond motifs is 2. The van der Waals surface area contributed by atoms with Gasteiger partial charge in [0.15, 0.2) is 5.92 Å². The Kier molecular flexibility index (Phi) is 3.31. The van der Waals surface area contributed by atoms with Gasteiger partial charge in [-0.25, -0.2) is 0 Å². The highest BCUT2D eigenvalue weighted by atomic mass is 16.6. The predicted octanol–water partition coefficient (Wildman–Crippen LogP) is 1.75. The number of hydrogen-bond acceptors (Lipinski definition) is 6. The first-order chi connectivity index (χ1) is 14.5. The Morgan fingerprint density at radius 1 is 0.733 bits per heavy atom. The van der Waals surface area contributed by atoms with E-state index in [1.54, 1.807) is 13.8 Å². The first-order valence-corrected chi connectivity index (χ1v) is 11.9. The molecule has 6 heteroatoms. The largest absolute Gasteiger partial charge is 0.465 e. The van der Waals surface area contributed by atoms with Crippen LogP contribution in [0.2, 0.25) is 0 Å². The normalized spacial score (nSPS) is 54.7. The minimum atomic E-state index is -1.15. The molecule has 30 heavy (non-hydrogen) atoms. The Hall–Kier alpha value is -1.72. The lowest BCUT2D eigenvalue weighted by Gasteiger charge is -2.31. The molecule has 0 saturated heterocycles. The van der Waals surface area contributed by atoms with Gasteiger partial charge in [0.2, 0.25) is 0 Å². The van der Waals surface area contributed by atoms with Crippen LogP contribution in [0.4, 0.5) is 0 Å². The predicted molar refractivity (Wildman–Crippen MR) is 101 cm³/mol. The van der Waals surface area contributed by atoms with E-state index < -0.39 is 23.8 Å². The van der Waals surface area contributed by atoms with Gasteiger partial charge in [0.05, 0.1) is 13.2 Å². The van der Waals surface area contributed by atoms with Crippen molar-refractivity contribution in [3.8, 4) is 0 Å². The zero-order chi connectivity index (χ0) is 20.6. The number of esters is 2. The summed E-state index contributed by atoms with van der Waals surface area (Å²) in [4.78, 5) is 53.6. The van der Waals surface area contributed by atoms with Gasteiger partial charge >= 0.3 is 11.9 Å². The van der Waals surface area contributed by atoms with Crippen LogP contribution in [0.1, 0.15) is 26.7 Å². The molecule has 0 N–H and O–H groups in total. The Morgan fingerprint density at radius 2 is 1.17 bits per heavy atom. The van der Waals surface area contributed by atoms with Crippen LogP contribution in [-0.2, 0) is 28.7 Å². The molecule has 0 bridgehead atoms. The summed E-state index contributed by atoms with van der Waals surface area (Å²) in [5, 5.41) is 0. The Morgan fingerprint density at radius 3 is 1.60 bits per heavy atom. The minimum absolute atomic E-state index is 0.107. The van der Waals surface area contributed by atoms with Gasteiger partial charge in [0.1, 0.15) is 11.6 Å². The van der Waals surface area contributed by atoms with Crippen LogP contribution in [0.25, 0.3) is 0 Å². The molecule has 160 valence electrons. The van der Waals surface area contributed by atoms with Crippen molar-refractivity contribution in [1.82, 2.24) is 0 Å². The van der Waals surface area contributed by atoms with E-state index in [0.29, 0.717) is 35.5 Å².